The predicted molar refractivity (Wildman–Crippen MR) is 116 cm³/mol. The van der Waals surface area contributed by atoms with Gasteiger partial charge in [0.25, 0.3) is 0 Å². The van der Waals surface area contributed by atoms with Crippen LogP contribution in [0.1, 0.15) is 44.7 Å². The second kappa shape index (κ2) is 9.53. The highest BCUT2D eigenvalue weighted by molar-refractivity contribution is 5.78. The second-order valence-electron chi connectivity index (χ2n) is 8.84. The van der Waals surface area contributed by atoms with Crippen molar-refractivity contribution in [3.05, 3.63) is 71.5 Å². The number of hydrogen-bond donors (Lipinski definition) is 0. The lowest BCUT2D eigenvalue weighted by Crippen LogP contribution is -2.43. The van der Waals surface area contributed by atoms with E-state index in [-0.39, 0.29) is 23.7 Å². The number of halogens is 1. The van der Waals surface area contributed by atoms with Crippen molar-refractivity contribution in [2.45, 2.75) is 46.2 Å². The van der Waals surface area contributed by atoms with Crippen molar-refractivity contribution < 1.29 is 9.18 Å². The Bertz CT molecular complexity index is 788. The van der Waals surface area contributed by atoms with Crippen molar-refractivity contribution in [1.82, 2.24) is 9.80 Å². The fourth-order valence-electron chi connectivity index (χ4n) is 4.34. The first-order valence-electron chi connectivity index (χ1n) is 10.7. The molecule has 0 bridgehead atoms. The number of likely N-dealkylation sites (tertiary alicyclic amines) is 1. The zero-order valence-electron chi connectivity index (χ0n) is 18.0. The highest BCUT2D eigenvalue weighted by atomic mass is 19.1. The third kappa shape index (κ3) is 5.45. The van der Waals surface area contributed by atoms with Gasteiger partial charge in [-0.25, -0.2) is 4.39 Å². The van der Waals surface area contributed by atoms with E-state index >= 15 is 0 Å². The molecular formula is C25H33FN2O. The fraction of sp³-hybridized carbons (Fsp3) is 0.480. The van der Waals surface area contributed by atoms with Gasteiger partial charge in [-0.1, -0.05) is 56.3 Å². The van der Waals surface area contributed by atoms with Gasteiger partial charge in [-0.2, -0.15) is 0 Å². The molecule has 0 aromatic heterocycles. The van der Waals surface area contributed by atoms with Crippen LogP contribution in [0, 0.1) is 17.7 Å². The summed E-state index contributed by atoms with van der Waals surface area (Å²) in [6.45, 7) is 11.6. The number of nitrogens with zero attached hydrogens (tertiary/aromatic N) is 2. The van der Waals surface area contributed by atoms with Crippen LogP contribution in [0.5, 0.6) is 0 Å². The van der Waals surface area contributed by atoms with Gasteiger partial charge in [0.1, 0.15) is 5.82 Å². The first-order chi connectivity index (χ1) is 13.8. The van der Waals surface area contributed by atoms with Gasteiger partial charge >= 0.3 is 0 Å². The molecule has 0 N–H and O–H groups in total. The Morgan fingerprint density at radius 3 is 2.28 bits per heavy atom. The number of amides is 1. The van der Waals surface area contributed by atoms with Gasteiger partial charge in [0.05, 0.1) is 0 Å². The van der Waals surface area contributed by atoms with Crippen molar-refractivity contribution in [3.63, 3.8) is 0 Å². The molecule has 2 unspecified atom stereocenters. The van der Waals surface area contributed by atoms with Gasteiger partial charge in [0.15, 0.2) is 0 Å². The third-order valence-electron chi connectivity index (χ3n) is 5.90. The maximum absolute atomic E-state index is 13.5. The lowest BCUT2D eigenvalue weighted by atomic mass is 9.88. The quantitative estimate of drug-likeness (QED) is 0.662. The monoisotopic (exact) mass is 396 g/mol. The molecule has 156 valence electrons. The summed E-state index contributed by atoms with van der Waals surface area (Å²) in [5.74, 6) is 0.612. The molecule has 2 aromatic rings. The Morgan fingerprint density at radius 1 is 1.03 bits per heavy atom. The molecule has 1 amide bonds. The molecule has 29 heavy (non-hydrogen) atoms. The van der Waals surface area contributed by atoms with E-state index in [4.69, 9.17) is 0 Å². The van der Waals surface area contributed by atoms with Crippen LogP contribution in [-0.4, -0.2) is 41.4 Å². The number of carbonyl (C=O) groups excluding carboxylic acids is 1. The van der Waals surface area contributed by atoms with E-state index in [0.717, 1.165) is 31.7 Å². The average molecular weight is 397 g/mol. The van der Waals surface area contributed by atoms with Gasteiger partial charge in [0, 0.05) is 44.1 Å². The van der Waals surface area contributed by atoms with Crippen LogP contribution in [0.3, 0.4) is 0 Å². The van der Waals surface area contributed by atoms with Gasteiger partial charge in [-0.3, -0.25) is 9.69 Å². The summed E-state index contributed by atoms with van der Waals surface area (Å²) in [5.41, 5.74) is 2.46. The summed E-state index contributed by atoms with van der Waals surface area (Å²) >= 11 is 0. The minimum Gasteiger partial charge on any atom is -0.340 e. The van der Waals surface area contributed by atoms with E-state index in [9.17, 15) is 9.18 Å². The summed E-state index contributed by atoms with van der Waals surface area (Å²) in [6.07, 6.45) is 0. The summed E-state index contributed by atoms with van der Waals surface area (Å²) in [5, 5.41) is 0. The molecule has 0 spiro atoms. The van der Waals surface area contributed by atoms with Crippen molar-refractivity contribution >= 4 is 5.91 Å². The van der Waals surface area contributed by atoms with Gasteiger partial charge in [0.2, 0.25) is 5.91 Å². The summed E-state index contributed by atoms with van der Waals surface area (Å²) in [7, 11) is 0. The van der Waals surface area contributed by atoms with Crippen LogP contribution in [-0.2, 0) is 11.3 Å². The lowest BCUT2D eigenvalue weighted by molar-refractivity contribution is -0.136. The molecule has 1 aliphatic heterocycles. The van der Waals surface area contributed by atoms with Gasteiger partial charge in [-0.05, 0) is 43.0 Å². The van der Waals surface area contributed by atoms with E-state index in [0.29, 0.717) is 11.8 Å². The van der Waals surface area contributed by atoms with E-state index in [1.165, 1.54) is 5.56 Å². The van der Waals surface area contributed by atoms with Crippen molar-refractivity contribution in [2.24, 2.45) is 11.8 Å². The summed E-state index contributed by atoms with van der Waals surface area (Å²) in [4.78, 5) is 17.3. The molecule has 1 aliphatic rings. The Kier molecular flexibility index (Phi) is 7.07. The van der Waals surface area contributed by atoms with Crippen LogP contribution in [0.2, 0.25) is 0 Å². The largest absolute Gasteiger partial charge is 0.340 e. The SMILES string of the molecule is CC(C)C(=O)N(CC1CN(Cc2ccccc2)CC1c1ccc(F)cc1)C(C)C. The molecule has 0 saturated carbocycles. The molecular weight excluding hydrogens is 363 g/mol. The minimum absolute atomic E-state index is 0.0107. The number of rotatable bonds is 7. The molecule has 1 heterocycles. The lowest BCUT2D eigenvalue weighted by Gasteiger charge is -2.33. The molecule has 2 aromatic carbocycles. The molecule has 3 nitrogen and oxygen atoms in total. The van der Waals surface area contributed by atoms with Crippen molar-refractivity contribution in [2.75, 3.05) is 19.6 Å². The Morgan fingerprint density at radius 2 is 1.69 bits per heavy atom. The van der Waals surface area contributed by atoms with Crippen LogP contribution in [0.15, 0.2) is 54.6 Å². The van der Waals surface area contributed by atoms with Gasteiger partial charge < -0.3 is 4.90 Å². The zero-order chi connectivity index (χ0) is 21.0. The topological polar surface area (TPSA) is 23.6 Å². The van der Waals surface area contributed by atoms with Crippen molar-refractivity contribution in [1.29, 1.82) is 0 Å². The minimum atomic E-state index is -0.205. The number of carbonyl (C=O) groups is 1. The van der Waals surface area contributed by atoms with Gasteiger partial charge in [-0.15, -0.1) is 0 Å². The van der Waals surface area contributed by atoms with E-state index < -0.39 is 0 Å². The maximum Gasteiger partial charge on any atom is 0.225 e. The molecule has 1 fully saturated rings. The normalized spacial score (nSPS) is 19.8. The molecule has 2 atom stereocenters. The van der Waals surface area contributed by atoms with E-state index in [1.807, 2.05) is 36.9 Å². The molecule has 4 heteroatoms. The van der Waals surface area contributed by atoms with Crippen LogP contribution in [0.25, 0.3) is 0 Å². The molecule has 1 saturated heterocycles. The maximum atomic E-state index is 13.5. The molecule has 3 rings (SSSR count). The standard InChI is InChI=1S/C25H33FN2O/c1-18(2)25(29)28(19(3)4)16-22-15-27(14-20-8-6-5-7-9-20)17-24(22)21-10-12-23(26)13-11-21/h5-13,18-19,22,24H,14-17H2,1-4H3. The molecule has 0 aliphatic carbocycles. The second-order valence-corrected chi connectivity index (χ2v) is 8.84. The summed E-state index contributed by atoms with van der Waals surface area (Å²) in [6, 6.07) is 17.6. The average Bonchev–Trinajstić information content (AvgIpc) is 3.09. The Balaban J connectivity index is 1.81. The first-order valence-corrected chi connectivity index (χ1v) is 10.7. The summed E-state index contributed by atoms with van der Waals surface area (Å²) < 4.78 is 13.5. The number of benzene rings is 2. The van der Waals surface area contributed by atoms with E-state index in [2.05, 4.69) is 43.0 Å². The first kappa shape index (κ1) is 21.5. The zero-order valence-corrected chi connectivity index (χ0v) is 18.0. The third-order valence-corrected chi connectivity index (χ3v) is 5.90. The van der Waals surface area contributed by atoms with Crippen LogP contribution in [0.4, 0.5) is 4.39 Å². The van der Waals surface area contributed by atoms with E-state index in [1.54, 1.807) is 12.1 Å². The Labute approximate surface area is 174 Å². The predicted octanol–water partition coefficient (Wildman–Crippen LogP) is 4.93. The van der Waals surface area contributed by atoms with Crippen LogP contribution >= 0.6 is 0 Å². The number of hydrogen-bond acceptors (Lipinski definition) is 2. The van der Waals surface area contributed by atoms with Crippen molar-refractivity contribution in [3.8, 4) is 0 Å². The highest BCUT2D eigenvalue weighted by Gasteiger charge is 2.36. The van der Waals surface area contributed by atoms with Crippen LogP contribution < -0.4 is 0 Å². The molecule has 0 radical (unpaired) electrons. The highest BCUT2D eigenvalue weighted by Crippen LogP contribution is 2.35. The smallest absolute Gasteiger partial charge is 0.225 e. The Hall–Kier alpha value is -2.20. The fourth-order valence-corrected chi connectivity index (χ4v) is 4.34.